The van der Waals surface area contributed by atoms with E-state index in [1.165, 1.54) is 4.90 Å². The number of hydrogen-bond acceptors (Lipinski definition) is 6. The second kappa shape index (κ2) is 8.79. The van der Waals surface area contributed by atoms with E-state index in [0.717, 1.165) is 17.5 Å². The highest BCUT2D eigenvalue weighted by Gasteiger charge is 2.49. The lowest BCUT2D eigenvalue weighted by atomic mass is 9.98. The van der Waals surface area contributed by atoms with Crippen molar-refractivity contribution in [3.8, 4) is 5.75 Å². The Morgan fingerprint density at radius 2 is 1.94 bits per heavy atom. The van der Waals surface area contributed by atoms with Gasteiger partial charge in [0.15, 0.2) is 0 Å². The van der Waals surface area contributed by atoms with Gasteiger partial charge in [0, 0.05) is 5.56 Å². The molecule has 1 amide bonds. The Hall–Kier alpha value is -4.33. The molecule has 0 radical (unpaired) electrons. The number of aromatic amines is 1. The number of fused-ring (bicyclic) bond motifs is 1. The normalized spacial score (nSPS) is 17.5. The zero-order chi connectivity index (χ0) is 24.7. The summed E-state index contributed by atoms with van der Waals surface area (Å²) < 4.78 is 11.6. The zero-order valence-electron chi connectivity index (χ0n) is 19.7. The number of carbonyl (C=O) groups excluding carboxylic acids is 2. The van der Waals surface area contributed by atoms with Crippen molar-refractivity contribution in [2.45, 2.75) is 33.2 Å². The van der Waals surface area contributed by atoms with Gasteiger partial charge in [0.2, 0.25) is 5.95 Å². The first-order valence-electron chi connectivity index (χ1n) is 11.4. The van der Waals surface area contributed by atoms with Crippen molar-refractivity contribution in [2.75, 3.05) is 11.5 Å². The molecule has 3 heterocycles. The van der Waals surface area contributed by atoms with E-state index in [4.69, 9.17) is 9.15 Å². The smallest absolute Gasteiger partial charge is 0.302 e. The molecule has 0 saturated carbocycles. The third-order valence-electron chi connectivity index (χ3n) is 5.99. The maximum Gasteiger partial charge on any atom is 0.302 e. The minimum Gasteiger partial charge on any atom is -0.507 e. The molecular formula is C27H25N3O5. The summed E-state index contributed by atoms with van der Waals surface area (Å²) in [7, 11) is 0. The van der Waals surface area contributed by atoms with Crippen molar-refractivity contribution < 1.29 is 23.8 Å². The number of furan rings is 1. The zero-order valence-corrected chi connectivity index (χ0v) is 19.7. The summed E-state index contributed by atoms with van der Waals surface area (Å²) in [6, 6.07) is 14.9. The minimum absolute atomic E-state index is 0.0635. The van der Waals surface area contributed by atoms with E-state index in [2.05, 4.69) is 9.97 Å². The number of carbonyl (C=O) groups is 2. The van der Waals surface area contributed by atoms with Crippen LogP contribution in [0, 0.1) is 13.8 Å². The fourth-order valence-corrected chi connectivity index (χ4v) is 4.30. The molecule has 35 heavy (non-hydrogen) atoms. The summed E-state index contributed by atoms with van der Waals surface area (Å²) >= 11 is 0. The molecule has 8 heteroatoms. The van der Waals surface area contributed by atoms with Gasteiger partial charge in [-0.3, -0.25) is 14.5 Å². The Morgan fingerprint density at radius 1 is 1.14 bits per heavy atom. The first-order valence-corrected chi connectivity index (χ1v) is 11.4. The number of para-hydroxylation sites is 2. The molecule has 1 saturated heterocycles. The molecule has 1 atom stereocenters. The fraction of sp³-hybridized carbons (Fsp3) is 0.222. The van der Waals surface area contributed by atoms with Gasteiger partial charge < -0.3 is 19.2 Å². The number of benzene rings is 2. The lowest BCUT2D eigenvalue weighted by molar-refractivity contribution is -0.132. The number of ether oxygens (including phenoxy) is 1. The molecule has 0 bridgehead atoms. The Bertz CT molecular complexity index is 1450. The van der Waals surface area contributed by atoms with Crippen LogP contribution < -0.4 is 9.64 Å². The third kappa shape index (κ3) is 3.86. The summed E-state index contributed by atoms with van der Waals surface area (Å²) in [5.74, 6) is -0.0385. The van der Waals surface area contributed by atoms with E-state index in [9.17, 15) is 14.7 Å². The van der Waals surface area contributed by atoms with Gasteiger partial charge in [0.05, 0.1) is 23.2 Å². The molecule has 4 aromatic rings. The van der Waals surface area contributed by atoms with Gasteiger partial charge in [-0.2, -0.15) is 0 Å². The highest BCUT2D eigenvalue weighted by Crippen LogP contribution is 2.42. The monoisotopic (exact) mass is 471 g/mol. The Kier molecular flexibility index (Phi) is 5.64. The molecular weight excluding hydrogens is 446 g/mol. The van der Waals surface area contributed by atoms with E-state index in [0.29, 0.717) is 35.0 Å². The highest BCUT2D eigenvalue weighted by molar-refractivity contribution is 6.51. The molecule has 8 nitrogen and oxygen atoms in total. The maximum absolute atomic E-state index is 13.3. The summed E-state index contributed by atoms with van der Waals surface area (Å²) in [6.07, 6.45) is 0.870. The number of aliphatic hydroxyl groups excluding tert-OH is 1. The number of aromatic nitrogens is 2. The number of anilines is 1. The van der Waals surface area contributed by atoms with Crippen LogP contribution in [-0.2, 0) is 9.59 Å². The van der Waals surface area contributed by atoms with E-state index in [1.54, 1.807) is 37.3 Å². The number of H-pyrrole nitrogens is 1. The molecule has 2 aromatic carbocycles. The van der Waals surface area contributed by atoms with Gasteiger partial charge in [-0.05, 0) is 68.3 Å². The molecule has 2 aromatic heterocycles. The van der Waals surface area contributed by atoms with E-state index in [1.807, 2.05) is 38.1 Å². The van der Waals surface area contributed by atoms with Gasteiger partial charge in [0.25, 0.3) is 5.78 Å². The Morgan fingerprint density at radius 3 is 2.63 bits per heavy atom. The van der Waals surface area contributed by atoms with Gasteiger partial charge in [0.1, 0.15) is 29.1 Å². The lowest BCUT2D eigenvalue weighted by Gasteiger charge is -2.20. The van der Waals surface area contributed by atoms with Gasteiger partial charge in [-0.1, -0.05) is 19.1 Å². The second-order valence-electron chi connectivity index (χ2n) is 8.52. The maximum atomic E-state index is 13.3. The van der Waals surface area contributed by atoms with Gasteiger partial charge in [-0.25, -0.2) is 4.98 Å². The number of aliphatic hydroxyl groups is 1. The first-order chi connectivity index (χ1) is 16.9. The van der Waals surface area contributed by atoms with Crippen molar-refractivity contribution in [3.63, 3.8) is 0 Å². The van der Waals surface area contributed by atoms with Gasteiger partial charge >= 0.3 is 5.91 Å². The number of imidazole rings is 1. The number of amides is 1. The van der Waals surface area contributed by atoms with Crippen molar-refractivity contribution >= 4 is 34.4 Å². The standard InChI is InChI=1S/C27H25N3O5/c1-4-13-34-20-12-10-17(14-15(20)2)24(31)22-23(21-11-9-16(3)35-21)30(26(33)25(22)32)27-28-18-7-5-6-8-19(18)29-27/h5-12,14,23,31H,4,13H2,1-3H3,(H,28,29)/b24-22+. The second-order valence-corrected chi connectivity index (χ2v) is 8.52. The van der Waals surface area contributed by atoms with Crippen LogP contribution in [0.3, 0.4) is 0 Å². The SMILES string of the molecule is CCCOc1ccc(/C(O)=C2\C(=O)C(=O)N(c3nc4ccccc4[nH]3)C2c2ccc(C)o2)cc1C. The minimum atomic E-state index is -0.986. The third-order valence-corrected chi connectivity index (χ3v) is 5.99. The van der Waals surface area contributed by atoms with E-state index >= 15 is 0 Å². The highest BCUT2D eigenvalue weighted by atomic mass is 16.5. The lowest BCUT2D eigenvalue weighted by Crippen LogP contribution is -2.30. The molecule has 178 valence electrons. The van der Waals surface area contributed by atoms with Crippen molar-refractivity contribution in [2.24, 2.45) is 0 Å². The average molecular weight is 472 g/mol. The van der Waals surface area contributed by atoms with Crippen molar-refractivity contribution in [1.29, 1.82) is 0 Å². The van der Waals surface area contributed by atoms with Crippen LogP contribution in [0.15, 0.2) is 64.6 Å². The quantitative estimate of drug-likeness (QED) is 0.228. The van der Waals surface area contributed by atoms with Crippen LogP contribution in [0.25, 0.3) is 16.8 Å². The molecule has 0 aliphatic carbocycles. The Balaban J connectivity index is 1.65. The summed E-state index contributed by atoms with van der Waals surface area (Å²) in [5, 5.41) is 11.3. The molecule has 1 aliphatic rings. The molecule has 0 spiro atoms. The van der Waals surface area contributed by atoms with Crippen LogP contribution in [-0.4, -0.2) is 33.4 Å². The van der Waals surface area contributed by atoms with E-state index in [-0.39, 0.29) is 17.3 Å². The molecule has 5 rings (SSSR count). The summed E-state index contributed by atoms with van der Waals surface area (Å²) in [5.41, 5.74) is 2.52. The van der Waals surface area contributed by atoms with Crippen LogP contribution in [0.5, 0.6) is 5.75 Å². The van der Waals surface area contributed by atoms with Crippen molar-refractivity contribution in [3.05, 3.63) is 82.8 Å². The van der Waals surface area contributed by atoms with Gasteiger partial charge in [-0.15, -0.1) is 0 Å². The van der Waals surface area contributed by atoms with Crippen LogP contribution in [0.4, 0.5) is 5.95 Å². The molecule has 2 N–H and O–H groups in total. The number of ketones is 1. The summed E-state index contributed by atoms with van der Waals surface area (Å²) in [4.78, 5) is 35.4. The number of nitrogens with one attached hydrogen (secondary N) is 1. The van der Waals surface area contributed by atoms with E-state index < -0.39 is 17.7 Å². The summed E-state index contributed by atoms with van der Waals surface area (Å²) in [6.45, 7) is 6.23. The number of Topliss-reactive ketones (excluding diaryl/α,β-unsaturated/α-hetero) is 1. The van der Waals surface area contributed by atoms with Crippen LogP contribution in [0.2, 0.25) is 0 Å². The predicted molar refractivity (Wildman–Crippen MR) is 131 cm³/mol. The number of aryl methyl sites for hydroxylation is 2. The average Bonchev–Trinajstić information content (AvgIpc) is 3.53. The topological polar surface area (TPSA) is 109 Å². The van der Waals surface area contributed by atoms with Crippen LogP contribution >= 0.6 is 0 Å². The first kappa shape index (κ1) is 22.5. The Labute approximate surface area is 201 Å². The van der Waals surface area contributed by atoms with Crippen LogP contribution in [0.1, 0.15) is 42.0 Å². The molecule has 1 aliphatic heterocycles. The number of nitrogens with zero attached hydrogens (tertiary/aromatic N) is 2. The van der Waals surface area contributed by atoms with Crippen molar-refractivity contribution in [1.82, 2.24) is 9.97 Å². The largest absolute Gasteiger partial charge is 0.507 e. The fourth-order valence-electron chi connectivity index (χ4n) is 4.30. The molecule has 1 fully saturated rings. The number of rotatable bonds is 6. The molecule has 1 unspecified atom stereocenters. The predicted octanol–water partition coefficient (Wildman–Crippen LogP) is 5.19. The number of hydrogen-bond donors (Lipinski definition) is 2.